The molecule has 48 heavy (non-hydrogen) atoms. The van der Waals surface area contributed by atoms with Crippen LogP contribution in [0.4, 0.5) is 5.69 Å². The van der Waals surface area contributed by atoms with Crippen molar-refractivity contribution >= 4 is 46.1 Å². The molecule has 12 heteroatoms. The van der Waals surface area contributed by atoms with Crippen LogP contribution in [0.2, 0.25) is 0 Å². The molecule has 3 aromatic carbocycles. The highest BCUT2D eigenvalue weighted by Gasteiger charge is 2.42. The van der Waals surface area contributed by atoms with Crippen LogP contribution in [0.1, 0.15) is 59.6 Å². The summed E-state index contributed by atoms with van der Waals surface area (Å²) in [5.41, 5.74) is 3.88. The van der Waals surface area contributed by atoms with Gasteiger partial charge in [-0.25, -0.2) is 9.78 Å². The third kappa shape index (κ3) is 7.28. The minimum Gasteiger partial charge on any atom is -0.468 e. The van der Waals surface area contributed by atoms with Crippen LogP contribution in [0.3, 0.4) is 0 Å². The highest BCUT2D eigenvalue weighted by atomic mass is 16.5. The van der Waals surface area contributed by atoms with Gasteiger partial charge >= 0.3 is 5.97 Å². The summed E-state index contributed by atoms with van der Waals surface area (Å²) in [6, 6.07) is 18.6. The molecule has 1 saturated heterocycles. The van der Waals surface area contributed by atoms with E-state index in [1.807, 2.05) is 49.1 Å². The first kappa shape index (κ1) is 34.0. The summed E-state index contributed by atoms with van der Waals surface area (Å²) >= 11 is 0. The molecular formula is C36H41N7O5. The number of methoxy groups -OCH3 is 1. The van der Waals surface area contributed by atoms with Gasteiger partial charge in [0.05, 0.1) is 30.1 Å². The fraction of sp³-hybridized carbons (Fsp3) is 0.333. The van der Waals surface area contributed by atoms with Gasteiger partial charge in [0.2, 0.25) is 5.91 Å². The quantitative estimate of drug-likeness (QED) is 0.0666. The van der Waals surface area contributed by atoms with Crippen LogP contribution in [0.15, 0.2) is 66.7 Å². The van der Waals surface area contributed by atoms with E-state index >= 15 is 0 Å². The van der Waals surface area contributed by atoms with Crippen LogP contribution in [0, 0.1) is 12.3 Å². The lowest BCUT2D eigenvalue weighted by Gasteiger charge is -2.35. The third-order valence-corrected chi connectivity index (χ3v) is 8.83. The molecule has 5 N–H and O–H groups in total. The number of imidazole rings is 1. The van der Waals surface area contributed by atoms with Gasteiger partial charge in [0.15, 0.2) is 11.8 Å². The van der Waals surface area contributed by atoms with E-state index in [1.54, 1.807) is 36.4 Å². The number of esters is 1. The number of anilines is 1. The van der Waals surface area contributed by atoms with Gasteiger partial charge in [0.25, 0.3) is 5.91 Å². The number of H-pyrrole nitrogens is 1. The molecule has 0 radical (unpaired) electrons. The minimum atomic E-state index is -1.18. The third-order valence-electron chi connectivity index (χ3n) is 8.83. The first-order chi connectivity index (χ1) is 23.0. The lowest BCUT2D eigenvalue weighted by atomic mass is 9.78. The van der Waals surface area contributed by atoms with Crippen molar-refractivity contribution in [1.29, 1.82) is 5.41 Å². The Morgan fingerprint density at radius 3 is 2.33 bits per heavy atom. The number of nitrogens with one attached hydrogen (secondary N) is 5. The van der Waals surface area contributed by atoms with Gasteiger partial charge in [-0.2, -0.15) is 0 Å². The molecule has 2 heterocycles. The Morgan fingerprint density at radius 2 is 1.69 bits per heavy atom. The number of ketones is 1. The number of hydrogen-bond donors (Lipinski definition) is 5. The van der Waals surface area contributed by atoms with E-state index in [9.17, 15) is 19.2 Å². The summed E-state index contributed by atoms with van der Waals surface area (Å²) in [5, 5.41) is 17.3. The van der Waals surface area contributed by atoms with Crippen LogP contribution < -0.4 is 16.0 Å². The predicted molar refractivity (Wildman–Crippen MR) is 183 cm³/mol. The second-order valence-electron chi connectivity index (χ2n) is 12.2. The maximum atomic E-state index is 14.0. The van der Waals surface area contributed by atoms with E-state index in [0.29, 0.717) is 36.6 Å². The standard InChI is InChI=1S/C36H41N7O5/c1-22-27(36(3,35(47)43-18-8-9-19-43)21-39-31(23(2)44)34(46)48-4)16-17-28-30(22)41-29(40-28)20-38-26-14-12-24(13-15-26)32(37)42-33(45)25-10-6-5-7-11-25/h5-7,10-17,31,38-39H,8-9,18-21H2,1-4H3,(H,40,41)(H2,37,42,45). The number of aryl methyl sites for hydroxylation is 1. The summed E-state index contributed by atoms with van der Waals surface area (Å²) in [6.45, 7) is 6.84. The largest absolute Gasteiger partial charge is 0.468 e. The molecule has 0 bridgehead atoms. The maximum absolute atomic E-state index is 14.0. The van der Waals surface area contributed by atoms with E-state index in [4.69, 9.17) is 15.1 Å². The molecule has 1 aliphatic heterocycles. The van der Waals surface area contributed by atoms with Gasteiger partial charge in [0, 0.05) is 36.4 Å². The lowest BCUT2D eigenvalue weighted by Crippen LogP contribution is -2.54. The van der Waals surface area contributed by atoms with Crippen LogP contribution in [0.5, 0.6) is 0 Å². The molecule has 0 aliphatic carbocycles. The normalized spacial score (nSPS) is 14.6. The average Bonchev–Trinajstić information content (AvgIpc) is 3.78. The van der Waals surface area contributed by atoms with Crippen molar-refractivity contribution in [3.8, 4) is 0 Å². The first-order valence-electron chi connectivity index (χ1n) is 15.9. The zero-order chi connectivity index (χ0) is 34.4. The van der Waals surface area contributed by atoms with Crippen molar-refractivity contribution in [2.75, 3.05) is 32.1 Å². The number of aromatic nitrogens is 2. The SMILES string of the molecule is COC(=O)C(NCC(C)(C(=O)N1CCCC1)c1ccc2[nH]c(CNc3ccc(C(=N)NC(=O)c4ccccc4)cc3)nc2c1C)C(C)=O. The maximum Gasteiger partial charge on any atom is 0.330 e. The average molecular weight is 652 g/mol. The number of likely N-dealkylation sites (tertiary alicyclic amines) is 1. The van der Waals surface area contributed by atoms with Crippen LogP contribution in [-0.2, 0) is 31.1 Å². The summed E-state index contributed by atoms with van der Waals surface area (Å²) in [7, 11) is 1.23. The minimum absolute atomic E-state index is 0.00601. The Hall–Kier alpha value is -5.36. The number of carbonyl (C=O) groups excluding carboxylic acids is 4. The molecule has 1 aliphatic rings. The molecule has 0 saturated carbocycles. The molecule has 2 unspecified atom stereocenters. The number of carbonyl (C=O) groups is 4. The number of amides is 2. The van der Waals surface area contributed by atoms with Crippen molar-refractivity contribution in [2.45, 2.75) is 51.6 Å². The van der Waals surface area contributed by atoms with E-state index < -0.39 is 23.2 Å². The van der Waals surface area contributed by atoms with Crippen LogP contribution >= 0.6 is 0 Å². The highest BCUT2D eigenvalue weighted by Crippen LogP contribution is 2.33. The smallest absolute Gasteiger partial charge is 0.330 e. The second-order valence-corrected chi connectivity index (χ2v) is 12.2. The van der Waals surface area contributed by atoms with Crippen molar-refractivity contribution in [3.63, 3.8) is 0 Å². The fourth-order valence-corrected chi connectivity index (χ4v) is 6.11. The van der Waals surface area contributed by atoms with Crippen LogP contribution in [-0.4, -0.2) is 77.1 Å². The number of nitrogens with zero attached hydrogens (tertiary/aromatic N) is 2. The molecule has 4 aromatic rings. The predicted octanol–water partition coefficient (Wildman–Crippen LogP) is 3.84. The van der Waals surface area contributed by atoms with Gasteiger partial charge in [0.1, 0.15) is 11.7 Å². The van der Waals surface area contributed by atoms with Crippen molar-refractivity contribution in [1.82, 2.24) is 25.5 Å². The van der Waals surface area contributed by atoms with Gasteiger partial charge in [-0.05, 0) is 87.2 Å². The number of benzene rings is 3. The molecule has 2 amide bonds. The van der Waals surface area contributed by atoms with E-state index in [1.165, 1.54) is 14.0 Å². The summed E-state index contributed by atoms with van der Waals surface area (Å²) < 4.78 is 4.83. The molecule has 5 rings (SSSR count). The highest BCUT2D eigenvalue weighted by molar-refractivity contribution is 6.11. The van der Waals surface area contributed by atoms with Crippen molar-refractivity contribution < 1.29 is 23.9 Å². The number of hydrogen-bond acceptors (Lipinski definition) is 9. The molecule has 250 valence electrons. The van der Waals surface area contributed by atoms with Gasteiger partial charge in [-0.3, -0.25) is 25.1 Å². The summed E-state index contributed by atoms with van der Waals surface area (Å²) in [5.74, 6) is -0.813. The number of rotatable bonds is 12. The molecule has 1 fully saturated rings. The number of ether oxygens (including phenoxy) is 1. The first-order valence-corrected chi connectivity index (χ1v) is 15.9. The number of fused-ring (bicyclic) bond motifs is 1. The lowest BCUT2D eigenvalue weighted by molar-refractivity contribution is -0.147. The Kier molecular flexibility index (Phi) is 10.3. The fourth-order valence-electron chi connectivity index (χ4n) is 6.11. The van der Waals surface area contributed by atoms with E-state index in [0.717, 1.165) is 40.7 Å². The van der Waals surface area contributed by atoms with Gasteiger partial charge in [-0.15, -0.1) is 0 Å². The summed E-state index contributed by atoms with van der Waals surface area (Å²) in [4.78, 5) is 61.1. The van der Waals surface area contributed by atoms with E-state index in [2.05, 4.69) is 20.9 Å². The van der Waals surface area contributed by atoms with Crippen molar-refractivity contribution in [3.05, 3.63) is 94.8 Å². The molecule has 12 nitrogen and oxygen atoms in total. The Labute approximate surface area is 279 Å². The number of amidine groups is 1. The second kappa shape index (κ2) is 14.6. The molecule has 2 atom stereocenters. The number of aromatic amines is 1. The molecular weight excluding hydrogens is 610 g/mol. The zero-order valence-corrected chi connectivity index (χ0v) is 27.6. The van der Waals surface area contributed by atoms with Gasteiger partial charge in [-0.1, -0.05) is 24.3 Å². The van der Waals surface area contributed by atoms with Crippen molar-refractivity contribution in [2.24, 2.45) is 0 Å². The summed E-state index contributed by atoms with van der Waals surface area (Å²) in [6.07, 6.45) is 1.86. The van der Waals surface area contributed by atoms with Gasteiger partial charge < -0.3 is 25.3 Å². The molecule has 1 aromatic heterocycles. The number of Topliss-reactive ketones (excluding diaryl/α,β-unsaturated/α-hetero) is 1. The van der Waals surface area contributed by atoms with E-state index in [-0.39, 0.29) is 24.2 Å². The Balaban J connectivity index is 1.31. The topological polar surface area (TPSA) is 169 Å². The Bertz CT molecular complexity index is 1830. The Morgan fingerprint density at radius 1 is 1.00 bits per heavy atom. The monoisotopic (exact) mass is 651 g/mol. The zero-order valence-electron chi connectivity index (χ0n) is 27.6. The van der Waals surface area contributed by atoms with Crippen LogP contribution in [0.25, 0.3) is 11.0 Å². The molecule has 0 spiro atoms.